The van der Waals surface area contributed by atoms with Gasteiger partial charge in [0.25, 0.3) is 0 Å². The first-order valence-electron chi connectivity index (χ1n) is 11.7. The van der Waals surface area contributed by atoms with E-state index in [4.69, 9.17) is 9.15 Å². The number of carboxylic acids is 1. The molecule has 1 amide bonds. The number of amides is 1. The Labute approximate surface area is 211 Å². The summed E-state index contributed by atoms with van der Waals surface area (Å²) in [6.07, 6.45) is -2.43. The molecule has 0 saturated carbocycles. The molecule has 0 bridgehead atoms. The number of anilines is 1. The van der Waals surface area contributed by atoms with E-state index in [2.05, 4.69) is 5.32 Å². The molecule has 1 aliphatic rings. The summed E-state index contributed by atoms with van der Waals surface area (Å²) in [7, 11) is 0. The highest BCUT2D eigenvalue weighted by molar-refractivity contribution is 5.93. The van der Waals surface area contributed by atoms with Crippen molar-refractivity contribution in [1.82, 2.24) is 5.32 Å². The van der Waals surface area contributed by atoms with Crippen molar-refractivity contribution in [3.63, 3.8) is 0 Å². The topological polar surface area (TPSA) is 129 Å². The number of carbonyl (C=O) groups is 2. The van der Waals surface area contributed by atoms with E-state index in [1.165, 1.54) is 23.1 Å². The average Bonchev–Trinajstić information content (AvgIpc) is 3.20. The minimum Gasteiger partial charge on any atom is -0.508 e. The monoisotopic (exact) mass is 500 g/mol. The Bertz CT molecular complexity index is 1520. The summed E-state index contributed by atoms with van der Waals surface area (Å²) in [5.74, 6) is -1.63. The molecule has 9 heteroatoms. The summed E-state index contributed by atoms with van der Waals surface area (Å²) >= 11 is 0. The lowest BCUT2D eigenvalue weighted by molar-refractivity contribution is -0.139. The number of phenols is 1. The zero-order valence-corrected chi connectivity index (χ0v) is 19.9. The molecule has 0 radical (unpaired) electrons. The molecular weight excluding hydrogens is 476 g/mol. The molecule has 1 atom stereocenters. The number of nitrogens with zero attached hydrogens (tertiary/aromatic N) is 1. The van der Waals surface area contributed by atoms with Gasteiger partial charge in [0.05, 0.1) is 5.69 Å². The summed E-state index contributed by atoms with van der Waals surface area (Å²) in [6, 6.07) is 21.1. The fraction of sp³-hybridized carbons (Fsp3) is 0.179. The van der Waals surface area contributed by atoms with E-state index in [-0.39, 0.29) is 36.1 Å². The van der Waals surface area contributed by atoms with Gasteiger partial charge < -0.3 is 24.3 Å². The van der Waals surface area contributed by atoms with Crippen molar-refractivity contribution >= 4 is 28.7 Å². The van der Waals surface area contributed by atoms with Gasteiger partial charge in [0.15, 0.2) is 0 Å². The molecule has 0 fully saturated rings. The largest absolute Gasteiger partial charge is 0.508 e. The number of benzene rings is 3. The third-order valence-corrected chi connectivity index (χ3v) is 6.50. The number of aliphatic carboxylic acids is 1. The molecule has 0 saturated heterocycles. The average molecular weight is 501 g/mol. The van der Waals surface area contributed by atoms with Gasteiger partial charge in [-0.1, -0.05) is 48.5 Å². The van der Waals surface area contributed by atoms with E-state index in [0.29, 0.717) is 5.39 Å². The van der Waals surface area contributed by atoms with Gasteiger partial charge in [-0.05, 0) is 41.3 Å². The summed E-state index contributed by atoms with van der Waals surface area (Å²) in [5.41, 5.74) is 3.82. The number of carboxylic acid groups (broad SMARTS) is 1. The zero-order chi connectivity index (χ0) is 26.1. The number of ether oxygens (including phenoxy) is 1. The molecule has 3 aromatic carbocycles. The van der Waals surface area contributed by atoms with Crippen LogP contribution in [0.15, 0.2) is 82.0 Å². The first-order valence-corrected chi connectivity index (χ1v) is 11.7. The Balaban J connectivity index is 1.38. The molecule has 188 valence electrons. The van der Waals surface area contributed by atoms with Crippen LogP contribution >= 0.6 is 0 Å². The van der Waals surface area contributed by atoms with Crippen LogP contribution in [0.1, 0.15) is 24.0 Å². The second kappa shape index (κ2) is 9.69. The smallest absolute Gasteiger partial charge is 0.409 e. The van der Waals surface area contributed by atoms with Gasteiger partial charge >= 0.3 is 17.7 Å². The predicted molar refractivity (Wildman–Crippen MR) is 137 cm³/mol. The quantitative estimate of drug-likeness (QED) is 0.253. The van der Waals surface area contributed by atoms with Crippen LogP contribution in [0.5, 0.6) is 5.75 Å². The van der Waals surface area contributed by atoms with Gasteiger partial charge in [-0.3, -0.25) is 5.32 Å². The van der Waals surface area contributed by atoms with Gasteiger partial charge in [0.1, 0.15) is 17.9 Å². The van der Waals surface area contributed by atoms with Gasteiger partial charge in [-0.25, -0.2) is 14.4 Å². The molecule has 4 aromatic rings. The van der Waals surface area contributed by atoms with Crippen molar-refractivity contribution in [2.75, 3.05) is 18.1 Å². The van der Waals surface area contributed by atoms with Crippen molar-refractivity contribution in [2.45, 2.75) is 19.0 Å². The number of carbonyl (C=O) groups excluding carboxylic acids is 1. The van der Waals surface area contributed by atoms with Gasteiger partial charge in [0.2, 0.25) is 6.17 Å². The van der Waals surface area contributed by atoms with E-state index in [0.717, 1.165) is 28.3 Å². The van der Waals surface area contributed by atoms with E-state index >= 15 is 0 Å². The number of fused-ring (bicyclic) bond motifs is 4. The van der Waals surface area contributed by atoms with Gasteiger partial charge in [0, 0.05) is 30.0 Å². The SMILES string of the molecule is CCN(c1cc(=O)oc2cc(O)ccc12)[C@@H](NC(=O)OCC1c2ccccc2-c2ccccc21)C(=O)O. The molecule has 0 aliphatic heterocycles. The Kier molecular flexibility index (Phi) is 6.27. The lowest BCUT2D eigenvalue weighted by Gasteiger charge is -2.30. The number of nitrogens with one attached hydrogen (secondary N) is 1. The maximum Gasteiger partial charge on any atom is 0.409 e. The highest BCUT2D eigenvalue weighted by Crippen LogP contribution is 2.44. The Morgan fingerprint density at radius 1 is 1.03 bits per heavy atom. The Morgan fingerprint density at radius 2 is 1.68 bits per heavy atom. The molecule has 1 aliphatic carbocycles. The zero-order valence-electron chi connectivity index (χ0n) is 19.9. The van der Waals surface area contributed by atoms with Crippen LogP contribution in [0.25, 0.3) is 22.1 Å². The maximum absolute atomic E-state index is 12.8. The molecule has 3 N–H and O–H groups in total. The number of rotatable bonds is 7. The summed E-state index contributed by atoms with van der Waals surface area (Å²) in [4.78, 5) is 38.6. The van der Waals surface area contributed by atoms with Crippen LogP contribution in [-0.2, 0) is 9.53 Å². The Morgan fingerprint density at radius 3 is 2.30 bits per heavy atom. The fourth-order valence-electron chi connectivity index (χ4n) is 4.89. The molecule has 37 heavy (non-hydrogen) atoms. The second-order valence-corrected chi connectivity index (χ2v) is 8.63. The second-order valence-electron chi connectivity index (χ2n) is 8.63. The number of aromatic hydroxyl groups is 1. The number of likely N-dealkylation sites (N-methyl/N-ethyl adjacent to an activating group) is 1. The highest BCUT2D eigenvalue weighted by Gasteiger charge is 2.32. The number of hydrogen-bond donors (Lipinski definition) is 3. The van der Waals surface area contributed by atoms with E-state index < -0.39 is 23.9 Å². The van der Waals surface area contributed by atoms with Crippen molar-refractivity contribution < 1.29 is 29.0 Å². The third-order valence-electron chi connectivity index (χ3n) is 6.50. The fourth-order valence-corrected chi connectivity index (χ4v) is 4.89. The minimum atomic E-state index is -1.53. The molecular formula is C28H24N2O7. The number of hydrogen-bond acceptors (Lipinski definition) is 7. The highest BCUT2D eigenvalue weighted by atomic mass is 16.5. The number of alkyl carbamates (subject to hydrolysis) is 1. The standard InChI is InChI=1S/C28H24N2O7/c1-2-30(23-14-25(32)37-24-13-16(31)11-12-21(23)24)26(27(33)34)29-28(35)36-15-22-19-9-5-3-7-17(19)18-8-4-6-10-20(18)22/h3-14,22,26,31H,2,15H2,1H3,(H,29,35)(H,33,34)/t26-/m1/s1. The van der Waals surface area contributed by atoms with Crippen molar-refractivity contribution in [3.05, 3.63) is 94.3 Å². The lowest BCUT2D eigenvalue weighted by atomic mass is 9.98. The first-order chi connectivity index (χ1) is 17.9. The van der Waals surface area contributed by atoms with Crippen molar-refractivity contribution in [3.8, 4) is 16.9 Å². The normalized spacial score (nSPS) is 13.0. The lowest BCUT2D eigenvalue weighted by Crippen LogP contribution is -2.53. The van der Waals surface area contributed by atoms with Crippen LogP contribution < -0.4 is 15.8 Å². The first kappa shape index (κ1) is 23.9. The molecule has 5 rings (SSSR count). The van der Waals surface area contributed by atoms with Crippen LogP contribution in [0.4, 0.5) is 10.5 Å². The summed E-state index contributed by atoms with van der Waals surface area (Å²) < 4.78 is 10.7. The molecule has 1 aromatic heterocycles. The van der Waals surface area contributed by atoms with E-state index in [1.807, 2.05) is 48.5 Å². The summed E-state index contributed by atoms with van der Waals surface area (Å²) in [6.45, 7) is 1.85. The van der Waals surface area contributed by atoms with Crippen molar-refractivity contribution in [2.24, 2.45) is 0 Å². The third kappa shape index (κ3) is 4.47. The van der Waals surface area contributed by atoms with Crippen molar-refractivity contribution in [1.29, 1.82) is 0 Å². The molecule has 0 unspecified atom stereocenters. The minimum absolute atomic E-state index is 0.0233. The van der Waals surface area contributed by atoms with Crippen LogP contribution in [0, 0.1) is 0 Å². The Hall–Kier alpha value is -4.79. The molecule has 0 spiro atoms. The van der Waals surface area contributed by atoms with Crippen LogP contribution in [0.2, 0.25) is 0 Å². The van der Waals surface area contributed by atoms with Crippen LogP contribution in [0.3, 0.4) is 0 Å². The maximum atomic E-state index is 12.8. The van der Waals surface area contributed by atoms with Gasteiger partial charge in [-0.2, -0.15) is 0 Å². The van der Waals surface area contributed by atoms with E-state index in [9.17, 15) is 24.6 Å². The number of phenolic OH excluding ortho intramolecular Hbond substituents is 1. The van der Waals surface area contributed by atoms with Gasteiger partial charge in [-0.15, -0.1) is 0 Å². The molecule has 1 heterocycles. The molecule has 9 nitrogen and oxygen atoms in total. The summed E-state index contributed by atoms with van der Waals surface area (Å²) in [5, 5.41) is 22.5. The van der Waals surface area contributed by atoms with Crippen LogP contribution in [-0.4, -0.2) is 41.6 Å². The predicted octanol–water partition coefficient (Wildman–Crippen LogP) is 4.27. The van der Waals surface area contributed by atoms with E-state index in [1.54, 1.807) is 6.92 Å².